The fourth-order valence-corrected chi connectivity index (χ4v) is 3.56. The fourth-order valence-electron chi connectivity index (χ4n) is 3.56. The topological polar surface area (TPSA) is 203 Å². The van der Waals surface area contributed by atoms with Gasteiger partial charge in [-0.2, -0.15) is 5.21 Å². The lowest BCUT2D eigenvalue weighted by Gasteiger charge is -2.15. The van der Waals surface area contributed by atoms with Crippen LogP contribution in [0.4, 0.5) is 0 Å². The molecule has 4 N–H and O–H groups in total. The summed E-state index contributed by atoms with van der Waals surface area (Å²) < 4.78 is 22.3. The van der Waals surface area contributed by atoms with Crippen LogP contribution in [0, 0.1) is 0 Å². The number of amides is 1. The molecule has 0 aliphatic carbocycles. The maximum atomic E-state index is 12.7. The standard InChI is InChI=1S/C23H17N5O9/c29-11(10-35-15-4-2-6-17-21(15)13(31)8-19(37-17)23(32)26-33)9-34-14-3-1-5-16-20(14)12(30)7-18(36-16)22-24-27-28-25-22/h1-8,11,29,33H,9-10H2,(H,26,32)(H,24,25,27,28). The Labute approximate surface area is 205 Å². The van der Waals surface area contributed by atoms with Gasteiger partial charge in [0.25, 0.3) is 0 Å². The van der Waals surface area contributed by atoms with Crippen LogP contribution in [-0.2, 0) is 0 Å². The number of hydroxylamine groups is 1. The molecule has 188 valence electrons. The van der Waals surface area contributed by atoms with Crippen LogP contribution in [0.1, 0.15) is 10.6 Å². The Hall–Kier alpha value is -5.08. The Morgan fingerprint density at radius 1 is 0.973 bits per heavy atom. The minimum Gasteiger partial charge on any atom is -0.490 e. The molecule has 1 unspecified atom stereocenters. The van der Waals surface area contributed by atoms with Crippen molar-refractivity contribution in [1.29, 1.82) is 0 Å². The van der Waals surface area contributed by atoms with Gasteiger partial charge in [-0.1, -0.05) is 12.1 Å². The summed E-state index contributed by atoms with van der Waals surface area (Å²) in [6.07, 6.45) is -1.15. The van der Waals surface area contributed by atoms with E-state index < -0.39 is 22.9 Å². The highest BCUT2D eigenvalue weighted by molar-refractivity contribution is 5.93. The molecule has 0 spiro atoms. The number of aliphatic hydroxyl groups is 1. The molecule has 37 heavy (non-hydrogen) atoms. The maximum Gasteiger partial charge on any atom is 0.310 e. The SMILES string of the molecule is O=C(NO)c1cc(=O)c2c(OCC(O)COc3cccc4oc(-c5nn[nH]n5)cc(=O)c34)cccc2o1. The minimum absolute atomic E-state index is 0.0502. The molecule has 0 bridgehead atoms. The first-order chi connectivity index (χ1) is 17.9. The number of fused-ring (bicyclic) bond motifs is 2. The van der Waals surface area contributed by atoms with Gasteiger partial charge in [0.2, 0.25) is 5.82 Å². The van der Waals surface area contributed by atoms with Crippen molar-refractivity contribution >= 4 is 27.8 Å². The molecule has 3 heterocycles. The van der Waals surface area contributed by atoms with E-state index in [1.807, 2.05) is 0 Å². The average molecular weight is 507 g/mol. The molecule has 1 atom stereocenters. The van der Waals surface area contributed by atoms with Gasteiger partial charge in [-0.05, 0) is 29.5 Å². The van der Waals surface area contributed by atoms with Crippen molar-refractivity contribution < 1.29 is 33.4 Å². The molecule has 5 aromatic rings. The van der Waals surface area contributed by atoms with Gasteiger partial charge in [0.05, 0.1) is 0 Å². The van der Waals surface area contributed by atoms with Crippen LogP contribution in [0.2, 0.25) is 0 Å². The number of aliphatic hydroxyl groups excluding tert-OH is 1. The van der Waals surface area contributed by atoms with Gasteiger partial charge in [0.1, 0.15) is 52.8 Å². The third kappa shape index (κ3) is 4.73. The Kier molecular flexibility index (Phi) is 6.32. The predicted octanol–water partition coefficient (Wildman–Crippen LogP) is 1.02. The van der Waals surface area contributed by atoms with E-state index >= 15 is 0 Å². The summed E-state index contributed by atoms with van der Waals surface area (Å²) in [5.74, 6) is -0.818. The summed E-state index contributed by atoms with van der Waals surface area (Å²) >= 11 is 0. The molecule has 0 saturated heterocycles. The summed E-state index contributed by atoms with van der Waals surface area (Å²) in [6, 6.07) is 11.3. The van der Waals surface area contributed by atoms with Crippen LogP contribution in [0.5, 0.6) is 11.5 Å². The first kappa shape index (κ1) is 23.7. The van der Waals surface area contributed by atoms with E-state index in [1.165, 1.54) is 29.7 Å². The van der Waals surface area contributed by atoms with Gasteiger partial charge in [-0.15, -0.1) is 10.2 Å². The van der Waals surface area contributed by atoms with Crippen molar-refractivity contribution in [2.24, 2.45) is 0 Å². The average Bonchev–Trinajstić information content (AvgIpc) is 3.45. The molecule has 2 aromatic carbocycles. The molecule has 0 saturated carbocycles. The van der Waals surface area contributed by atoms with E-state index in [4.69, 9.17) is 23.5 Å². The largest absolute Gasteiger partial charge is 0.490 e. The van der Waals surface area contributed by atoms with Crippen molar-refractivity contribution in [1.82, 2.24) is 26.1 Å². The Morgan fingerprint density at radius 2 is 1.59 bits per heavy atom. The van der Waals surface area contributed by atoms with E-state index in [2.05, 4.69) is 20.6 Å². The Bertz CT molecular complexity index is 1710. The summed E-state index contributed by atoms with van der Waals surface area (Å²) in [4.78, 5) is 36.8. The molecule has 0 aliphatic heterocycles. The summed E-state index contributed by atoms with van der Waals surface area (Å²) in [6.45, 7) is -0.510. The quantitative estimate of drug-likeness (QED) is 0.172. The number of nitrogens with one attached hydrogen (secondary N) is 2. The number of hydrogen-bond acceptors (Lipinski definition) is 12. The lowest BCUT2D eigenvalue weighted by molar-refractivity contribution is 0.0636. The number of aromatic nitrogens is 4. The van der Waals surface area contributed by atoms with Gasteiger partial charge in [-0.25, -0.2) is 5.48 Å². The highest BCUT2D eigenvalue weighted by Crippen LogP contribution is 2.26. The van der Waals surface area contributed by atoms with E-state index in [0.29, 0.717) is 0 Å². The molecule has 5 rings (SSSR count). The summed E-state index contributed by atoms with van der Waals surface area (Å²) in [5, 5.41) is 32.7. The molecule has 14 nitrogen and oxygen atoms in total. The highest BCUT2D eigenvalue weighted by Gasteiger charge is 2.17. The van der Waals surface area contributed by atoms with Crippen LogP contribution >= 0.6 is 0 Å². The Morgan fingerprint density at radius 3 is 2.19 bits per heavy atom. The number of hydrogen-bond donors (Lipinski definition) is 4. The number of carbonyl (C=O) groups is 1. The van der Waals surface area contributed by atoms with Crippen LogP contribution in [0.25, 0.3) is 33.5 Å². The van der Waals surface area contributed by atoms with Crippen molar-refractivity contribution in [3.8, 4) is 23.1 Å². The normalized spacial score (nSPS) is 11.9. The minimum atomic E-state index is -1.15. The highest BCUT2D eigenvalue weighted by atomic mass is 16.5. The van der Waals surface area contributed by atoms with Crippen molar-refractivity contribution in [3.63, 3.8) is 0 Å². The lowest BCUT2D eigenvalue weighted by Crippen LogP contribution is -2.25. The second-order valence-electron chi connectivity index (χ2n) is 7.66. The van der Waals surface area contributed by atoms with Gasteiger partial charge in [0, 0.05) is 12.1 Å². The molecule has 0 fully saturated rings. The number of H-pyrrole nitrogens is 1. The zero-order valence-electron chi connectivity index (χ0n) is 18.7. The van der Waals surface area contributed by atoms with E-state index in [-0.39, 0.29) is 64.0 Å². The Balaban J connectivity index is 1.30. The summed E-state index contributed by atoms with van der Waals surface area (Å²) in [5.41, 5.74) is 0.693. The third-order valence-corrected chi connectivity index (χ3v) is 5.19. The number of benzene rings is 2. The molecule has 3 aromatic heterocycles. The van der Waals surface area contributed by atoms with Crippen LogP contribution in [0.3, 0.4) is 0 Å². The van der Waals surface area contributed by atoms with Crippen molar-refractivity contribution in [2.45, 2.75) is 6.10 Å². The van der Waals surface area contributed by atoms with Gasteiger partial charge in [-0.3, -0.25) is 19.6 Å². The molecular weight excluding hydrogens is 490 g/mol. The third-order valence-electron chi connectivity index (χ3n) is 5.19. The maximum absolute atomic E-state index is 12.7. The number of carbonyl (C=O) groups excluding carboxylic acids is 1. The zero-order chi connectivity index (χ0) is 25.9. The second kappa shape index (κ2) is 9.88. The van der Waals surface area contributed by atoms with Gasteiger partial charge < -0.3 is 23.4 Å². The van der Waals surface area contributed by atoms with E-state index in [9.17, 15) is 19.5 Å². The van der Waals surface area contributed by atoms with Crippen LogP contribution in [0.15, 0.2) is 67.0 Å². The van der Waals surface area contributed by atoms with Crippen molar-refractivity contribution in [3.05, 3.63) is 74.7 Å². The monoisotopic (exact) mass is 507 g/mol. The van der Waals surface area contributed by atoms with E-state index in [0.717, 1.165) is 6.07 Å². The smallest absolute Gasteiger partial charge is 0.310 e. The van der Waals surface area contributed by atoms with Gasteiger partial charge in [0.15, 0.2) is 22.4 Å². The number of aromatic amines is 1. The predicted molar refractivity (Wildman–Crippen MR) is 124 cm³/mol. The number of nitrogens with zero attached hydrogens (tertiary/aromatic N) is 3. The van der Waals surface area contributed by atoms with Crippen LogP contribution < -0.4 is 25.8 Å². The van der Waals surface area contributed by atoms with Crippen molar-refractivity contribution in [2.75, 3.05) is 13.2 Å². The number of tetrazole rings is 1. The zero-order valence-corrected chi connectivity index (χ0v) is 18.7. The lowest BCUT2D eigenvalue weighted by atomic mass is 10.2. The second-order valence-corrected chi connectivity index (χ2v) is 7.66. The molecule has 1 amide bonds. The van der Waals surface area contributed by atoms with Crippen LogP contribution in [-0.4, -0.2) is 56.2 Å². The molecule has 0 radical (unpaired) electrons. The van der Waals surface area contributed by atoms with E-state index in [1.54, 1.807) is 18.2 Å². The van der Waals surface area contributed by atoms with Gasteiger partial charge >= 0.3 is 5.91 Å². The number of rotatable bonds is 8. The summed E-state index contributed by atoms with van der Waals surface area (Å²) in [7, 11) is 0. The first-order valence-corrected chi connectivity index (χ1v) is 10.7. The number of ether oxygens (including phenoxy) is 2. The molecule has 0 aliphatic rings. The molecule has 14 heteroatoms. The fraction of sp³-hybridized carbons (Fsp3) is 0.130. The molecular formula is C23H17N5O9. The first-order valence-electron chi connectivity index (χ1n) is 10.7.